The summed E-state index contributed by atoms with van der Waals surface area (Å²) in [6.07, 6.45) is 4.43. The Morgan fingerprint density at radius 3 is 2.00 bits per heavy atom. The molecule has 0 unspecified atom stereocenters. The van der Waals surface area contributed by atoms with Crippen LogP contribution >= 0.6 is 0 Å². The van der Waals surface area contributed by atoms with Gasteiger partial charge in [0.25, 0.3) is 17.4 Å². The van der Waals surface area contributed by atoms with Gasteiger partial charge in [-0.15, -0.1) is 0 Å². The van der Waals surface area contributed by atoms with Crippen LogP contribution in [-0.4, -0.2) is 33.3 Å². The maximum Gasteiger partial charge on any atom is 0.266 e. The first-order chi connectivity index (χ1) is 25.4. The summed E-state index contributed by atoms with van der Waals surface area (Å²) < 4.78 is 6.29. The van der Waals surface area contributed by atoms with Gasteiger partial charge in [-0.05, 0) is 77.4 Å². The van der Waals surface area contributed by atoms with Crippen LogP contribution in [0.5, 0.6) is 5.75 Å². The monoisotopic (exact) mass is 685 g/mol. The number of ether oxygens (including phenoxy) is 1. The molecule has 1 aromatic heterocycles. The zero-order valence-corrected chi connectivity index (χ0v) is 27.9. The van der Waals surface area contributed by atoms with Gasteiger partial charge >= 0.3 is 0 Å². The Morgan fingerprint density at radius 2 is 1.33 bits per heavy atom. The number of hydrogen-bond acceptors (Lipinski definition) is 7. The lowest BCUT2D eigenvalue weighted by molar-refractivity contribution is 0.0882. The molecule has 9 heteroatoms. The number of carbonyl (C=O) groups is 4. The molecule has 2 heterocycles. The number of aromatic amines is 1. The normalized spacial score (nSPS) is 15.9. The quantitative estimate of drug-likeness (QED) is 0.134. The fourth-order valence-electron chi connectivity index (χ4n) is 7.77. The zero-order chi connectivity index (χ0) is 35.5. The standard InChI is InChI=1S/C43H31N3O6/c47-38-29-21-31-32(22-30(29)39(48)37(38)40-44-34-17-15-27(19-33(34)41(49)45-40)25-11-5-2-6-12-25)43(51)46(42(31)50)35-18-16-28(26-13-7-8-14-26)20-36(35)52-23-24-9-3-1-4-10-24/h1-6,9-12,15-22,26,37H,7-8,13-14,23H2,(H,44,45,49). The summed E-state index contributed by atoms with van der Waals surface area (Å²) in [6.45, 7) is 0.239. The van der Waals surface area contributed by atoms with Crippen LogP contribution in [0.15, 0.2) is 114 Å². The lowest BCUT2D eigenvalue weighted by atomic mass is 9.97. The molecule has 1 saturated carbocycles. The minimum absolute atomic E-state index is 0.0102. The summed E-state index contributed by atoms with van der Waals surface area (Å²) in [5.41, 5.74) is 4.00. The molecule has 2 amide bonds. The van der Waals surface area contributed by atoms with Crippen LogP contribution in [0.4, 0.5) is 5.69 Å². The van der Waals surface area contributed by atoms with Crippen LogP contribution in [0.2, 0.25) is 0 Å². The van der Waals surface area contributed by atoms with E-state index in [9.17, 15) is 24.0 Å². The zero-order valence-electron chi connectivity index (χ0n) is 27.9. The highest BCUT2D eigenvalue weighted by molar-refractivity contribution is 6.37. The highest BCUT2D eigenvalue weighted by Gasteiger charge is 2.46. The molecule has 5 aromatic carbocycles. The number of anilines is 1. The second kappa shape index (κ2) is 12.4. The van der Waals surface area contributed by atoms with Gasteiger partial charge in [0, 0.05) is 11.1 Å². The third-order valence-electron chi connectivity index (χ3n) is 10.5. The van der Waals surface area contributed by atoms with E-state index < -0.39 is 34.9 Å². The molecule has 0 bridgehead atoms. The average molecular weight is 686 g/mol. The lowest BCUT2D eigenvalue weighted by Gasteiger charge is -2.21. The van der Waals surface area contributed by atoms with Gasteiger partial charge in [-0.25, -0.2) is 9.88 Å². The average Bonchev–Trinajstić information content (AvgIpc) is 3.86. The largest absolute Gasteiger partial charge is 0.487 e. The molecule has 1 aliphatic heterocycles. The van der Waals surface area contributed by atoms with Crippen molar-refractivity contribution in [2.75, 3.05) is 4.90 Å². The van der Waals surface area contributed by atoms with Gasteiger partial charge in [-0.3, -0.25) is 24.0 Å². The molecule has 9 rings (SSSR count). The molecule has 3 aliphatic rings. The smallest absolute Gasteiger partial charge is 0.266 e. The summed E-state index contributed by atoms with van der Waals surface area (Å²) in [5.74, 6) is -3.14. The number of fused-ring (bicyclic) bond motifs is 3. The molecule has 2 aliphatic carbocycles. The van der Waals surface area contributed by atoms with E-state index in [4.69, 9.17) is 4.74 Å². The van der Waals surface area contributed by atoms with Gasteiger partial charge in [0.05, 0.1) is 27.7 Å². The van der Waals surface area contributed by atoms with Crippen molar-refractivity contribution in [1.82, 2.24) is 9.97 Å². The molecule has 9 nitrogen and oxygen atoms in total. The fraction of sp³-hybridized carbons (Fsp3) is 0.163. The minimum atomic E-state index is -1.41. The molecule has 1 fully saturated rings. The van der Waals surface area contributed by atoms with Gasteiger partial charge in [-0.1, -0.05) is 85.6 Å². The number of aromatic nitrogens is 2. The number of nitrogens with one attached hydrogen (secondary N) is 1. The topological polar surface area (TPSA) is 126 Å². The molecule has 6 aromatic rings. The van der Waals surface area contributed by atoms with Crippen LogP contribution in [0, 0.1) is 0 Å². The van der Waals surface area contributed by atoms with Crippen molar-refractivity contribution < 1.29 is 23.9 Å². The van der Waals surface area contributed by atoms with Crippen molar-refractivity contribution in [2.45, 2.75) is 44.1 Å². The van der Waals surface area contributed by atoms with Crippen molar-refractivity contribution >= 4 is 40.0 Å². The third kappa shape index (κ3) is 5.16. The molecular weight excluding hydrogens is 654 g/mol. The second-order valence-electron chi connectivity index (χ2n) is 13.6. The molecule has 52 heavy (non-hydrogen) atoms. The number of H-pyrrole nitrogens is 1. The van der Waals surface area contributed by atoms with E-state index in [1.165, 1.54) is 12.1 Å². The van der Waals surface area contributed by atoms with E-state index in [1.54, 1.807) is 18.2 Å². The number of amides is 2. The highest BCUT2D eigenvalue weighted by atomic mass is 16.5. The van der Waals surface area contributed by atoms with E-state index in [-0.39, 0.29) is 34.7 Å². The first-order valence-corrected chi connectivity index (χ1v) is 17.4. The second-order valence-corrected chi connectivity index (χ2v) is 13.6. The van der Waals surface area contributed by atoms with Crippen LogP contribution in [0.25, 0.3) is 22.0 Å². The SMILES string of the molecule is O=C1c2cc3c(cc2C(=O)C1c1nc2ccc(-c4ccccc4)cc2c(=O)[nH]1)C(=O)N(c1ccc(C2CCCC2)cc1OCc1ccccc1)C3=O. The molecule has 0 spiro atoms. The summed E-state index contributed by atoms with van der Waals surface area (Å²) in [6, 6.07) is 32.7. The Hall–Kier alpha value is -6.48. The third-order valence-corrected chi connectivity index (χ3v) is 10.5. The number of carbonyl (C=O) groups excluding carboxylic acids is 4. The molecule has 254 valence electrons. The predicted octanol–water partition coefficient (Wildman–Crippen LogP) is 7.79. The summed E-state index contributed by atoms with van der Waals surface area (Å²) in [4.78, 5) is 77.3. The summed E-state index contributed by atoms with van der Waals surface area (Å²) in [7, 11) is 0. The van der Waals surface area contributed by atoms with Gasteiger partial charge in [0.15, 0.2) is 11.6 Å². The Morgan fingerprint density at radius 1 is 0.673 bits per heavy atom. The van der Waals surface area contributed by atoms with Crippen LogP contribution in [-0.2, 0) is 6.61 Å². The van der Waals surface area contributed by atoms with Crippen molar-refractivity contribution in [2.24, 2.45) is 0 Å². The lowest BCUT2D eigenvalue weighted by Crippen LogP contribution is -2.30. The van der Waals surface area contributed by atoms with Crippen molar-refractivity contribution in [3.05, 3.63) is 159 Å². The number of ketones is 2. The maximum atomic E-state index is 14.0. The number of nitrogens with zero attached hydrogens (tertiary/aromatic N) is 2. The van der Waals surface area contributed by atoms with Gasteiger partial charge in [0.2, 0.25) is 0 Å². The number of hydrogen-bond donors (Lipinski definition) is 1. The molecule has 1 N–H and O–H groups in total. The first kappa shape index (κ1) is 31.5. The van der Waals surface area contributed by atoms with Crippen molar-refractivity contribution in [1.29, 1.82) is 0 Å². The van der Waals surface area contributed by atoms with Crippen molar-refractivity contribution in [3.8, 4) is 16.9 Å². The molecule has 0 atom stereocenters. The van der Waals surface area contributed by atoms with Crippen molar-refractivity contribution in [3.63, 3.8) is 0 Å². The van der Waals surface area contributed by atoms with Gasteiger partial charge in [-0.2, -0.15) is 0 Å². The predicted molar refractivity (Wildman–Crippen MR) is 195 cm³/mol. The van der Waals surface area contributed by atoms with E-state index in [1.807, 2.05) is 78.9 Å². The number of imide groups is 1. The fourth-order valence-corrected chi connectivity index (χ4v) is 7.77. The van der Waals surface area contributed by atoms with E-state index in [2.05, 4.69) is 9.97 Å². The van der Waals surface area contributed by atoms with E-state index in [0.717, 1.165) is 52.8 Å². The highest BCUT2D eigenvalue weighted by Crippen LogP contribution is 2.43. The van der Waals surface area contributed by atoms with Crippen LogP contribution in [0.1, 0.15) is 95.9 Å². The summed E-state index contributed by atoms with van der Waals surface area (Å²) >= 11 is 0. The first-order valence-electron chi connectivity index (χ1n) is 17.4. The Bertz CT molecular complexity index is 2480. The number of rotatable bonds is 7. The Balaban J connectivity index is 1.04. The Labute approximate surface area is 297 Å². The van der Waals surface area contributed by atoms with Gasteiger partial charge in [0.1, 0.15) is 24.1 Å². The molecule has 0 radical (unpaired) electrons. The number of benzene rings is 5. The van der Waals surface area contributed by atoms with Crippen LogP contribution in [0.3, 0.4) is 0 Å². The van der Waals surface area contributed by atoms with Crippen LogP contribution < -0.4 is 15.2 Å². The van der Waals surface area contributed by atoms with Gasteiger partial charge < -0.3 is 9.72 Å². The summed E-state index contributed by atoms with van der Waals surface area (Å²) in [5, 5.41) is 0.319. The Kier molecular flexibility index (Phi) is 7.50. The molecule has 0 saturated heterocycles. The molecular formula is C43H31N3O6. The minimum Gasteiger partial charge on any atom is -0.487 e. The number of Topliss-reactive ketones (excluding diaryl/α,β-unsaturated/α-hetero) is 2. The maximum absolute atomic E-state index is 14.0. The van der Waals surface area contributed by atoms with E-state index >= 15 is 0 Å². The van der Waals surface area contributed by atoms with E-state index in [0.29, 0.717) is 28.3 Å².